The van der Waals surface area contributed by atoms with Crippen LogP contribution in [-0.2, 0) is 0 Å². The molecule has 0 spiro atoms. The molecule has 0 amide bonds. The first-order chi connectivity index (χ1) is 8.94. The fourth-order valence-electron chi connectivity index (χ4n) is 4.56. The fourth-order valence-corrected chi connectivity index (χ4v) is 4.56. The number of hydrogen-bond donors (Lipinski definition) is 1. The van der Waals surface area contributed by atoms with Crippen LogP contribution in [-0.4, -0.2) is 30.1 Å². The van der Waals surface area contributed by atoms with Gasteiger partial charge in [-0.15, -0.1) is 0 Å². The second-order valence-corrected chi connectivity index (χ2v) is 7.96. The minimum atomic E-state index is 0.326. The van der Waals surface area contributed by atoms with Gasteiger partial charge in [-0.05, 0) is 43.1 Å². The Kier molecular flexibility index (Phi) is 4.62. The highest BCUT2D eigenvalue weighted by molar-refractivity contribution is 5.02. The van der Waals surface area contributed by atoms with Crippen LogP contribution in [0.25, 0.3) is 0 Å². The lowest BCUT2D eigenvalue weighted by atomic mass is 9.70. The summed E-state index contributed by atoms with van der Waals surface area (Å²) in [5.74, 6) is 1.67. The molecule has 3 unspecified atom stereocenters. The van der Waals surface area contributed by atoms with Crippen LogP contribution in [0.4, 0.5) is 0 Å². The summed E-state index contributed by atoms with van der Waals surface area (Å²) in [6, 6.07) is 0. The summed E-state index contributed by atoms with van der Waals surface area (Å²) in [5, 5.41) is 0. The molecule has 1 saturated heterocycles. The van der Waals surface area contributed by atoms with Crippen LogP contribution in [0.15, 0.2) is 0 Å². The van der Waals surface area contributed by atoms with E-state index in [1.54, 1.807) is 0 Å². The third kappa shape index (κ3) is 2.85. The largest absolute Gasteiger partial charge is 0.329 e. The smallest absolute Gasteiger partial charge is 0.0359 e. The maximum absolute atomic E-state index is 6.30. The van der Waals surface area contributed by atoms with Crippen molar-refractivity contribution in [3.63, 3.8) is 0 Å². The number of rotatable bonds is 3. The van der Waals surface area contributed by atoms with Gasteiger partial charge in [0, 0.05) is 18.6 Å². The molecule has 2 aliphatic rings. The van der Waals surface area contributed by atoms with Crippen LogP contribution >= 0.6 is 0 Å². The molecule has 1 aliphatic carbocycles. The maximum Gasteiger partial charge on any atom is 0.0359 e. The van der Waals surface area contributed by atoms with Crippen LogP contribution < -0.4 is 5.73 Å². The van der Waals surface area contributed by atoms with Gasteiger partial charge in [-0.25, -0.2) is 0 Å². The average molecular weight is 266 g/mol. The molecule has 1 aliphatic heterocycles. The van der Waals surface area contributed by atoms with E-state index in [0.717, 1.165) is 18.4 Å². The minimum Gasteiger partial charge on any atom is -0.329 e. The highest BCUT2D eigenvalue weighted by Gasteiger charge is 2.47. The van der Waals surface area contributed by atoms with E-state index in [1.165, 1.54) is 51.6 Å². The molecule has 0 aromatic heterocycles. The Morgan fingerprint density at radius 3 is 2.47 bits per heavy atom. The van der Waals surface area contributed by atoms with Crippen molar-refractivity contribution < 1.29 is 0 Å². The van der Waals surface area contributed by atoms with Gasteiger partial charge in [0.1, 0.15) is 0 Å². The van der Waals surface area contributed by atoms with Crippen molar-refractivity contribution >= 4 is 0 Å². The predicted octanol–water partition coefficient (Wildman–Crippen LogP) is 3.65. The standard InChI is InChI=1S/C17H34N2/c1-5-14-8-6-7-10-17(14,13-18)19-11-9-15(12-19)16(2,3)4/h14-15H,5-13,18H2,1-4H3. The minimum absolute atomic E-state index is 0.326. The van der Waals surface area contributed by atoms with Gasteiger partial charge in [-0.1, -0.05) is 47.0 Å². The van der Waals surface area contributed by atoms with Crippen molar-refractivity contribution in [3.8, 4) is 0 Å². The predicted molar refractivity (Wildman–Crippen MR) is 83.2 cm³/mol. The molecule has 0 radical (unpaired) electrons. The molecular weight excluding hydrogens is 232 g/mol. The third-order valence-corrected chi connectivity index (χ3v) is 6.06. The molecule has 2 nitrogen and oxygen atoms in total. The Balaban J connectivity index is 2.13. The average Bonchev–Trinajstić information content (AvgIpc) is 2.88. The molecule has 0 bridgehead atoms. The van der Waals surface area contributed by atoms with Gasteiger partial charge in [0.2, 0.25) is 0 Å². The van der Waals surface area contributed by atoms with E-state index in [-0.39, 0.29) is 0 Å². The van der Waals surface area contributed by atoms with E-state index >= 15 is 0 Å². The number of hydrogen-bond acceptors (Lipinski definition) is 2. The van der Waals surface area contributed by atoms with Crippen molar-refractivity contribution in [2.24, 2.45) is 23.0 Å². The van der Waals surface area contributed by atoms with Gasteiger partial charge >= 0.3 is 0 Å². The van der Waals surface area contributed by atoms with Crippen LogP contribution in [0.2, 0.25) is 0 Å². The maximum atomic E-state index is 6.30. The molecule has 0 aromatic carbocycles. The normalized spacial score (nSPS) is 37.7. The molecule has 112 valence electrons. The summed E-state index contributed by atoms with van der Waals surface area (Å²) in [6.07, 6.45) is 8.18. The Morgan fingerprint density at radius 1 is 1.21 bits per heavy atom. The Morgan fingerprint density at radius 2 is 1.95 bits per heavy atom. The lowest BCUT2D eigenvalue weighted by molar-refractivity contribution is 0.0148. The third-order valence-electron chi connectivity index (χ3n) is 6.06. The molecule has 2 fully saturated rings. The van der Waals surface area contributed by atoms with Crippen LogP contribution in [0.3, 0.4) is 0 Å². The van der Waals surface area contributed by atoms with E-state index in [4.69, 9.17) is 5.73 Å². The zero-order valence-corrected chi connectivity index (χ0v) is 13.5. The quantitative estimate of drug-likeness (QED) is 0.845. The zero-order valence-electron chi connectivity index (χ0n) is 13.5. The summed E-state index contributed by atoms with van der Waals surface area (Å²) < 4.78 is 0. The summed E-state index contributed by atoms with van der Waals surface area (Å²) in [6.45, 7) is 13.0. The lowest BCUT2D eigenvalue weighted by Gasteiger charge is -2.50. The van der Waals surface area contributed by atoms with Gasteiger partial charge in [0.15, 0.2) is 0 Å². The van der Waals surface area contributed by atoms with E-state index in [9.17, 15) is 0 Å². The molecular formula is C17H34N2. The van der Waals surface area contributed by atoms with Gasteiger partial charge in [0.05, 0.1) is 0 Å². The Bertz CT molecular complexity index is 294. The van der Waals surface area contributed by atoms with Gasteiger partial charge < -0.3 is 5.73 Å². The van der Waals surface area contributed by atoms with E-state index < -0.39 is 0 Å². The number of nitrogens with zero attached hydrogens (tertiary/aromatic N) is 1. The number of likely N-dealkylation sites (tertiary alicyclic amines) is 1. The molecule has 2 N–H and O–H groups in total. The number of nitrogens with two attached hydrogens (primary N) is 1. The van der Waals surface area contributed by atoms with Crippen LogP contribution in [0, 0.1) is 17.3 Å². The molecule has 1 heterocycles. The zero-order chi connectivity index (χ0) is 14.1. The summed E-state index contributed by atoms with van der Waals surface area (Å²) >= 11 is 0. The van der Waals surface area contributed by atoms with E-state index in [2.05, 4.69) is 32.6 Å². The molecule has 0 aromatic rings. The molecule has 2 rings (SSSR count). The first kappa shape index (κ1) is 15.3. The van der Waals surface area contributed by atoms with Crippen molar-refractivity contribution in [3.05, 3.63) is 0 Å². The molecule has 19 heavy (non-hydrogen) atoms. The fraction of sp³-hybridized carbons (Fsp3) is 1.00. The monoisotopic (exact) mass is 266 g/mol. The topological polar surface area (TPSA) is 29.3 Å². The Hall–Kier alpha value is -0.0800. The lowest BCUT2D eigenvalue weighted by Crippen LogP contribution is -2.59. The molecule has 1 saturated carbocycles. The van der Waals surface area contributed by atoms with Crippen molar-refractivity contribution in [1.82, 2.24) is 4.90 Å². The van der Waals surface area contributed by atoms with Gasteiger partial charge in [-0.3, -0.25) is 4.90 Å². The Labute approximate surface area is 120 Å². The van der Waals surface area contributed by atoms with E-state index in [1.807, 2.05) is 0 Å². The van der Waals surface area contributed by atoms with Crippen molar-refractivity contribution in [1.29, 1.82) is 0 Å². The van der Waals surface area contributed by atoms with E-state index in [0.29, 0.717) is 11.0 Å². The van der Waals surface area contributed by atoms with Crippen LogP contribution in [0.1, 0.15) is 66.2 Å². The van der Waals surface area contributed by atoms with Crippen LogP contribution in [0.5, 0.6) is 0 Å². The SMILES string of the molecule is CCC1CCCCC1(CN)N1CCC(C(C)(C)C)C1. The van der Waals surface area contributed by atoms with Crippen molar-refractivity contribution in [2.75, 3.05) is 19.6 Å². The highest BCUT2D eigenvalue weighted by Crippen LogP contribution is 2.44. The van der Waals surface area contributed by atoms with Crippen molar-refractivity contribution in [2.45, 2.75) is 71.8 Å². The van der Waals surface area contributed by atoms with Gasteiger partial charge in [0.25, 0.3) is 0 Å². The highest BCUT2D eigenvalue weighted by atomic mass is 15.2. The van der Waals surface area contributed by atoms with Gasteiger partial charge in [-0.2, -0.15) is 0 Å². The molecule has 3 atom stereocenters. The summed E-state index contributed by atoms with van der Waals surface area (Å²) in [7, 11) is 0. The second-order valence-electron chi connectivity index (χ2n) is 7.96. The first-order valence-corrected chi connectivity index (χ1v) is 8.39. The first-order valence-electron chi connectivity index (χ1n) is 8.39. The molecule has 2 heteroatoms. The summed E-state index contributed by atoms with van der Waals surface area (Å²) in [5.41, 5.74) is 7.07. The summed E-state index contributed by atoms with van der Waals surface area (Å²) in [4.78, 5) is 2.79. The second kappa shape index (κ2) is 5.73.